The van der Waals surface area contributed by atoms with E-state index in [2.05, 4.69) is 343 Å². The molecule has 0 N–H and O–H groups in total. The molecule has 0 radical (unpaired) electrons. The number of fused-ring (bicyclic) bond motifs is 11. The number of hydrogen-bond acceptors (Lipinski definition) is 4. The van der Waals surface area contributed by atoms with Crippen LogP contribution in [0.25, 0.3) is 0 Å². The fraction of sp³-hybridized carbons (Fsp3) is 0.463. The average molecular weight is 2350 g/mol. The van der Waals surface area contributed by atoms with Gasteiger partial charge in [0.05, 0.1) is 11.1 Å². The standard InChI is InChI=1S/C33H37BN2.C33H40N2.CH4.I11/c1-20-18-25-27-26(19-20)36-29-22(32(6)16-8-9-17-33(32,36)7)13-11-15-24(29)34(27)23-14-10-12-21-28(23)35(25)31(4,5)30(21,2)3;1-23-20-24(34-28-16-10-8-14-26(28)30(2,3)31(34,4)5)22-25(21-23)35-29-17-11-9-15-27(29)32(6)18-12-13-19-33(32,35)7;;1-7-9(4)11(6)10(5)8(2)3/h10-15,18-19H,8-9,16-17H2,1-7H3;8-11,14-17,20-22H,12-13,18-19H2,1-7H3;1H4;/q;;;-1. The van der Waals surface area contributed by atoms with Crippen molar-refractivity contribution in [2.75, 3.05) is 19.6 Å². The van der Waals surface area contributed by atoms with Crippen LogP contribution in [0.1, 0.15) is 175 Å². The predicted octanol–water partition coefficient (Wildman–Crippen LogP) is 21.5. The summed E-state index contributed by atoms with van der Waals surface area (Å²) in [6.45, 7) is 34.4. The van der Waals surface area contributed by atoms with E-state index in [4.69, 9.17) is 0 Å². The fourth-order valence-corrected chi connectivity index (χ4v) is 1060. The number of hydrogen-bond donors (Lipinski definition) is 0. The Morgan fingerprint density at radius 3 is 1.46 bits per heavy atom. The molecule has 6 aliphatic heterocycles. The molecule has 16 heteroatoms. The van der Waals surface area contributed by atoms with Gasteiger partial charge in [-0.2, -0.15) is 0 Å². The molecule has 6 aromatic carbocycles. The Kier molecular flexibility index (Phi) is 19.5. The molecular weight excluding hydrogens is 2270 g/mol. The maximum absolute atomic E-state index is 2.94. The van der Waals surface area contributed by atoms with E-state index >= 15 is 0 Å². The molecule has 2 aliphatic carbocycles. The number of nitrogens with zero attached hydrogens (tertiary/aromatic N) is 4. The number of anilines is 8. The van der Waals surface area contributed by atoms with Crippen molar-refractivity contribution in [2.24, 2.45) is 0 Å². The molecule has 6 aromatic rings. The van der Waals surface area contributed by atoms with E-state index in [0.717, 1.165) is 0 Å². The average Bonchev–Trinajstić information content (AvgIpc) is 1.62. The monoisotopic (exact) mass is 2350 g/mol. The Balaban J connectivity index is 0.000000146. The van der Waals surface area contributed by atoms with E-state index in [-0.39, 0.29) is 82.8 Å². The normalized spacial score (nSPS) is 26.5. The minimum absolute atomic E-state index is 0. The third-order valence-electron chi connectivity index (χ3n) is 22.7. The van der Waals surface area contributed by atoms with Gasteiger partial charge >= 0.3 is 157 Å². The molecule has 0 aromatic heterocycles. The molecule has 6 heterocycles. The number of aryl methyl sites for hydroxylation is 2. The van der Waals surface area contributed by atoms with E-state index < -0.39 is 0 Å². The first-order chi connectivity index (χ1) is 38.6. The third kappa shape index (κ3) is 9.98. The van der Waals surface area contributed by atoms with Crippen LogP contribution in [-0.2, 0) is 21.7 Å². The molecule has 4 unspecified atom stereocenters. The van der Waals surface area contributed by atoms with Crippen molar-refractivity contribution < 1.29 is 13.3 Å². The summed E-state index contributed by atoms with van der Waals surface area (Å²) in [5.41, 5.74) is 25.2. The second-order valence-electron chi connectivity index (χ2n) is 27.2. The molecule has 2 fully saturated rings. The summed E-state index contributed by atoms with van der Waals surface area (Å²) in [5, 5.41) is 0. The maximum atomic E-state index is 2.94. The zero-order valence-corrected chi connectivity index (χ0v) is 73.4. The van der Waals surface area contributed by atoms with Crippen molar-refractivity contribution in [3.05, 3.63) is 149 Å². The summed E-state index contributed by atoms with van der Waals surface area (Å²) >= 11 is 17.8. The first-order valence-electron chi connectivity index (χ1n) is 28.9. The Hall–Kier alpha value is 2.61. The van der Waals surface area contributed by atoms with Crippen LogP contribution >= 0.6 is 143 Å². The summed E-state index contributed by atoms with van der Waals surface area (Å²) in [5.74, 6) is 0. The van der Waals surface area contributed by atoms with Crippen LogP contribution in [0, 0.1) is 13.8 Å². The van der Waals surface area contributed by atoms with Gasteiger partial charge in [-0.15, -0.1) is 0 Å². The van der Waals surface area contributed by atoms with Crippen molar-refractivity contribution in [1.82, 2.24) is 0 Å². The summed E-state index contributed by atoms with van der Waals surface area (Å²) in [4.78, 5) is 10.9. The van der Waals surface area contributed by atoms with Gasteiger partial charge in [-0.3, -0.25) is 0 Å². The van der Waals surface area contributed by atoms with Crippen molar-refractivity contribution >= 4 is 212 Å². The van der Waals surface area contributed by atoms with E-state index in [9.17, 15) is 0 Å². The Labute approximate surface area is 581 Å². The Morgan fingerprint density at radius 1 is 0.446 bits per heavy atom. The van der Waals surface area contributed by atoms with Gasteiger partial charge in [0.25, 0.3) is 6.71 Å². The molecule has 2 saturated carbocycles. The van der Waals surface area contributed by atoms with E-state index in [1.54, 1.807) is 5.56 Å². The molecule has 4 nitrogen and oxygen atoms in total. The van der Waals surface area contributed by atoms with E-state index in [1.165, 1.54) is 141 Å². The molecule has 4 atom stereocenters. The van der Waals surface area contributed by atoms with Crippen molar-refractivity contribution in [3.8, 4) is 0 Å². The SMILES string of the molecule is C.Cc1cc(N2c3ccccc3C(C)(C)C2(C)C)cc(N2c3ccccc3C3(C)CCCCC23C)c1.Cc1cc2c3c(c1)N1c4c(cccc4C4(C)CCCCC14C)B3c1cccc3c1N2C(C)(C)C3(C)C.I[I-]I(I)I(I)I(I)I(I)I. The molecule has 83 heavy (non-hydrogen) atoms. The van der Waals surface area contributed by atoms with Crippen molar-refractivity contribution in [2.45, 2.75) is 200 Å². The molecule has 0 spiro atoms. The third-order valence-corrected chi connectivity index (χ3v) is 601. The number of rotatable bonds is 6. The van der Waals surface area contributed by atoms with Gasteiger partial charge < -0.3 is 19.6 Å². The van der Waals surface area contributed by atoms with Crippen LogP contribution in [0.15, 0.2) is 115 Å². The van der Waals surface area contributed by atoms with Crippen LogP contribution in [0.5, 0.6) is 0 Å². The van der Waals surface area contributed by atoms with Gasteiger partial charge in [-0.25, -0.2) is 0 Å². The minimum atomic E-state index is -0.355. The van der Waals surface area contributed by atoms with Gasteiger partial charge in [-0.05, 0) is 173 Å². The summed E-state index contributed by atoms with van der Waals surface area (Å²) in [7, 11) is -1.16. The molecule has 0 bridgehead atoms. The second-order valence-corrected chi connectivity index (χ2v) is 238. The molecule has 0 amide bonds. The van der Waals surface area contributed by atoms with Crippen LogP contribution in [0.4, 0.5) is 45.5 Å². The van der Waals surface area contributed by atoms with E-state index in [0.29, 0.717) is 20.0 Å². The van der Waals surface area contributed by atoms with Crippen molar-refractivity contribution in [3.63, 3.8) is 0 Å². The molecule has 450 valence electrons. The van der Waals surface area contributed by atoms with Gasteiger partial charge in [0, 0.05) is 78.2 Å². The second kappa shape index (κ2) is 24.1. The Bertz CT molecular complexity index is 3550. The quantitative estimate of drug-likeness (QED) is 0.122. The number of para-hydroxylation sites is 4. The van der Waals surface area contributed by atoms with Gasteiger partial charge in [0.2, 0.25) is 0 Å². The molecule has 0 saturated heterocycles. The summed E-state index contributed by atoms with van der Waals surface area (Å²) in [6.07, 6.45) is 10.3. The number of halogens is 11. The van der Waals surface area contributed by atoms with Gasteiger partial charge in [-0.1, -0.05) is 147 Å². The van der Waals surface area contributed by atoms with Crippen LogP contribution in [-0.4, -0.2) is 28.9 Å². The summed E-state index contributed by atoms with van der Waals surface area (Å²) in [6, 6.07) is 44.9. The molecule has 14 rings (SSSR count). The first kappa shape index (κ1) is 67.0. The predicted molar refractivity (Wildman–Crippen MR) is 451 cm³/mol. The van der Waals surface area contributed by atoms with Crippen molar-refractivity contribution in [1.29, 1.82) is 0 Å². The molecule has 8 aliphatic rings. The number of benzene rings is 6. The zero-order chi connectivity index (χ0) is 58.8. The van der Waals surface area contributed by atoms with Crippen LogP contribution in [0.3, 0.4) is 0 Å². The Morgan fingerprint density at radius 2 is 0.880 bits per heavy atom. The molecular formula is C67H81BI11N4-. The summed E-state index contributed by atoms with van der Waals surface area (Å²) < 4.78 is 0. The topological polar surface area (TPSA) is 13.0 Å². The van der Waals surface area contributed by atoms with E-state index in [1.807, 2.05) is 0 Å². The van der Waals surface area contributed by atoms with Crippen LogP contribution in [0.2, 0.25) is 0 Å². The first-order valence-corrected chi connectivity index (χ1v) is 91.8. The zero-order valence-electron chi connectivity index (χ0n) is 49.7. The fourth-order valence-electron chi connectivity index (χ4n) is 16.9. The van der Waals surface area contributed by atoms with Gasteiger partial charge in [0.1, 0.15) is 0 Å². The van der Waals surface area contributed by atoms with Crippen LogP contribution < -0.4 is 49.2 Å². The van der Waals surface area contributed by atoms with Gasteiger partial charge in [0.15, 0.2) is 0 Å².